The van der Waals surface area contributed by atoms with Crippen LogP contribution in [0.3, 0.4) is 0 Å². The lowest BCUT2D eigenvalue weighted by Crippen LogP contribution is -2.44. The molecule has 9 heteroatoms. The van der Waals surface area contributed by atoms with Crippen LogP contribution < -0.4 is 16.0 Å². The summed E-state index contributed by atoms with van der Waals surface area (Å²) >= 11 is 0. The topological polar surface area (TPSA) is 105 Å². The number of carbonyl (C=O) groups is 1. The van der Waals surface area contributed by atoms with Gasteiger partial charge >= 0.3 is 0 Å². The number of benzene rings is 2. The molecule has 0 unspecified atom stereocenters. The van der Waals surface area contributed by atoms with Crippen molar-refractivity contribution in [3.63, 3.8) is 0 Å². The van der Waals surface area contributed by atoms with E-state index in [0.717, 1.165) is 37.4 Å². The Balaban J connectivity index is 0.000000907. The molecule has 3 N–H and O–H groups in total. The van der Waals surface area contributed by atoms with Gasteiger partial charge in [-0.3, -0.25) is 9.20 Å². The highest BCUT2D eigenvalue weighted by atomic mass is 16.1. The smallest absolute Gasteiger partial charge is 0.256 e. The first kappa shape index (κ1) is 27.6. The van der Waals surface area contributed by atoms with Crippen LogP contribution >= 0.6 is 0 Å². The maximum atomic E-state index is 12.3. The molecule has 0 atom stereocenters. The maximum absolute atomic E-state index is 12.3. The third kappa shape index (κ3) is 6.62. The van der Waals surface area contributed by atoms with Gasteiger partial charge in [-0.1, -0.05) is 58.0 Å². The number of likely N-dealkylation sites (N-methyl/N-ethyl adjacent to an activating group) is 1. The number of aromatic nitrogens is 4. The van der Waals surface area contributed by atoms with Gasteiger partial charge in [0.05, 0.1) is 0 Å². The summed E-state index contributed by atoms with van der Waals surface area (Å²) < 4.78 is 1.72. The average Bonchev–Trinajstić information content (AvgIpc) is 3.42. The summed E-state index contributed by atoms with van der Waals surface area (Å²) in [6.45, 7) is 12.1. The Morgan fingerprint density at radius 2 is 1.59 bits per heavy atom. The van der Waals surface area contributed by atoms with Crippen LogP contribution in [0.4, 0.5) is 17.2 Å². The number of fused-ring (bicyclic) bond motifs is 1. The Hall–Kier alpha value is -3.98. The van der Waals surface area contributed by atoms with E-state index in [4.69, 9.17) is 10.7 Å². The molecule has 1 aliphatic heterocycles. The molecule has 0 saturated carbocycles. The van der Waals surface area contributed by atoms with Crippen molar-refractivity contribution in [3.05, 3.63) is 77.9 Å². The minimum absolute atomic E-state index is 0.215. The molecule has 0 bridgehead atoms. The molecule has 1 amide bonds. The molecule has 3 heterocycles. The van der Waals surface area contributed by atoms with Crippen LogP contribution in [0.2, 0.25) is 0 Å². The van der Waals surface area contributed by atoms with Gasteiger partial charge < -0.3 is 20.9 Å². The Kier molecular flexibility index (Phi) is 9.97. The van der Waals surface area contributed by atoms with Gasteiger partial charge in [0.15, 0.2) is 5.65 Å². The van der Waals surface area contributed by atoms with Crippen LogP contribution in [0.5, 0.6) is 0 Å². The van der Waals surface area contributed by atoms with Crippen LogP contribution in [-0.2, 0) is 6.42 Å². The largest absolute Gasteiger partial charge is 0.369 e. The zero-order valence-electron chi connectivity index (χ0n) is 22.5. The zero-order chi connectivity index (χ0) is 26.8. The van der Waals surface area contributed by atoms with Gasteiger partial charge in [-0.15, -0.1) is 10.2 Å². The molecule has 196 valence electrons. The number of nitrogens with zero attached hydrogens (tertiary/aromatic N) is 6. The molecule has 0 spiro atoms. The van der Waals surface area contributed by atoms with Crippen LogP contribution in [0, 0.1) is 0 Å². The summed E-state index contributed by atoms with van der Waals surface area (Å²) in [6, 6.07) is 18.1. The van der Waals surface area contributed by atoms with E-state index in [1.54, 1.807) is 10.7 Å². The lowest BCUT2D eigenvalue weighted by atomic mass is 10.1. The predicted octanol–water partition coefficient (Wildman–Crippen LogP) is 4.36. The van der Waals surface area contributed by atoms with E-state index in [1.165, 1.54) is 5.69 Å². The van der Waals surface area contributed by atoms with E-state index in [-0.39, 0.29) is 5.56 Å². The van der Waals surface area contributed by atoms with E-state index in [2.05, 4.69) is 44.5 Å². The van der Waals surface area contributed by atoms with Crippen LogP contribution in [-0.4, -0.2) is 63.6 Å². The standard InChI is InChI=1S/C24H26N8O.2C2H6/c1-30-11-13-31(14-12-30)19-9-7-18(8-10-19)27-23-21(22(25)33)24-29-26-16-32(24)20(28-23)15-17-5-3-2-4-6-17;2*1-2/h2-10,16,27H,11-15H2,1H3,(H2,25,33);2*1-2H3. The number of nitrogens with two attached hydrogens (primary N) is 1. The fourth-order valence-electron chi connectivity index (χ4n) is 4.12. The summed E-state index contributed by atoms with van der Waals surface area (Å²) in [6.07, 6.45) is 2.12. The number of anilines is 3. The molecule has 2 aromatic heterocycles. The van der Waals surface area contributed by atoms with Gasteiger partial charge in [0, 0.05) is 44.0 Å². The number of primary amides is 1. The summed E-state index contributed by atoms with van der Waals surface area (Å²) in [5.74, 6) is 0.479. The summed E-state index contributed by atoms with van der Waals surface area (Å²) in [4.78, 5) is 21.8. The van der Waals surface area contributed by atoms with Crippen molar-refractivity contribution in [1.29, 1.82) is 0 Å². The number of carbonyl (C=O) groups excluding carboxylic acids is 1. The first-order chi connectivity index (χ1) is 18.1. The fourth-order valence-corrected chi connectivity index (χ4v) is 4.12. The molecule has 4 aromatic rings. The van der Waals surface area contributed by atoms with Crippen LogP contribution in [0.15, 0.2) is 60.9 Å². The minimum Gasteiger partial charge on any atom is -0.369 e. The molecule has 1 fully saturated rings. The van der Waals surface area contributed by atoms with E-state index in [1.807, 2.05) is 70.2 Å². The molecule has 9 nitrogen and oxygen atoms in total. The second-order valence-electron chi connectivity index (χ2n) is 8.27. The van der Waals surface area contributed by atoms with Crippen molar-refractivity contribution in [1.82, 2.24) is 24.5 Å². The highest BCUT2D eigenvalue weighted by Crippen LogP contribution is 2.26. The molecular formula is C28H38N8O. The molecule has 5 rings (SSSR count). The molecule has 0 radical (unpaired) electrons. The number of hydrogen-bond acceptors (Lipinski definition) is 7. The van der Waals surface area contributed by atoms with Crippen molar-refractivity contribution in [2.45, 2.75) is 34.1 Å². The predicted molar refractivity (Wildman–Crippen MR) is 151 cm³/mol. The molecular weight excluding hydrogens is 464 g/mol. The Bertz CT molecular complexity index is 1260. The van der Waals surface area contributed by atoms with E-state index >= 15 is 0 Å². The lowest BCUT2D eigenvalue weighted by molar-refractivity contribution is 0.100. The summed E-state index contributed by atoms with van der Waals surface area (Å²) in [5.41, 5.74) is 9.41. The van der Waals surface area contributed by atoms with Crippen LogP contribution in [0.25, 0.3) is 5.65 Å². The highest BCUT2D eigenvalue weighted by molar-refractivity contribution is 6.03. The van der Waals surface area contributed by atoms with Gasteiger partial charge in [0.25, 0.3) is 5.91 Å². The van der Waals surface area contributed by atoms with E-state index < -0.39 is 5.91 Å². The van der Waals surface area contributed by atoms with Crippen molar-refractivity contribution in [3.8, 4) is 0 Å². The van der Waals surface area contributed by atoms with Crippen molar-refractivity contribution < 1.29 is 4.79 Å². The molecule has 1 aliphatic rings. The van der Waals surface area contributed by atoms with Gasteiger partial charge in [0.1, 0.15) is 23.5 Å². The molecule has 1 saturated heterocycles. The number of hydrogen-bond donors (Lipinski definition) is 2. The SMILES string of the molecule is CC.CC.CN1CCN(c2ccc(Nc3nc(Cc4ccccc4)n4cnnc4c3C(N)=O)cc2)CC1. The minimum atomic E-state index is -0.608. The van der Waals surface area contributed by atoms with Gasteiger partial charge in [0.2, 0.25) is 0 Å². The second kappa shape index (κ2) is 13.4. The highest BCUT2D eigenvalue weighted by Gasteiger charge is 2.21. The second-order valence-corrected chi connectivity index (χ2v) is 8.27. The van der Waals surface area contributed by atoms with Crippen molar-refractivity contribution in [2.24, 2.45) is 5.73 Å². The van der Waals surface area contributed by atoms with Gasteiger partial charge in [-0.25, -0.2) is 4.98 Å². The molecule has 2 aromatic carbocycles. The number of rotatable bonds is 6. The van der Waals surface area contributed by atoms with E-state index in [9.17, 15) is 4.79 Å². The molecule has 37 heavy (non-hydrogen) atoms. The quantitative estimate of drug-likeness (QED) is 0.404. The first-order valence-corrected chi connectivity index (χ1v) is 13.0. The van der Waals surface area contributed by atoms with Gasteiger partial charge in [-0.2, -0.15) is 0 Å². The van der Waals surface area contributed by atoms with E-state index in [0.29, 0.717) is 23.7 Å². The average molecular weight is 503 g/mol. The third-order valence-corrected chi connectivity index (χ3v) is 5.98. The zero-order valence-corrected chi connectivity index (χ0v) is 22.5. The number of piperazine rings is 1. The monoisotopic (exact) mass is 502 g/mol. The first-order valence-electron chi connectivity index (χ1n) is 13.0. The van der Waals surface area contributed by atoms with Crippen molar-refractivity contribution >= 4 is 28.7 Å². The van der Waals surface area contributed by atoms with Crippen molar-refractivity contribution in [2.75, 3.05) is 43.4 Å². The maximum Gasteiger partial charge on any atom is 0.256 e. The number of amides is 1. The fraction of sp³-hybridized carbons (Fsp3) is 0.357. The Labute approximate surface area is 219 Å². The normalized spacial score (nSPS) is 13.3. The summed E-state index contributed by atoms with van der Waals surface area (Å²) in [5, 5.41) is 11.4. The number of nitrogens with one attached hydrogen (secondary N) is 1. The Morgan fingerprint density at radius 3 is 2.22 bits per heavy atom. The summed E-state index contributed by atoms with van der Waals surface area (Å²) in [7, 11) is 2.14. The van der Waals surface area contributed by atoms with Crippen LogP contribution in [0.1, 0.15) is 49.4 Å². The third-order valence-electron chi connectivity index (χ3n) is 5.98. The molecule has 0 aliphatic carbocycles. The lowest BCUT2D eigenvalue weighted by Gasteiger charge is -2.34. The Morgan fingerprint density at radius 1 is 0.946 bits per heavy atom. The van der Waals surface area contributed by atoms with Gasteiger partial charge in [-0.05, 0) is 36.9 Å².